The van der Waals surface area contributed by atoms with Crippen LogP contribution in [0.4, 0.5) is 0 Å². The van der Waals surface area contributed by atoms with E-state index in [9.17, 15) is 13.2 Å². The Morgan fingerprint density at radius 1 is 0.939 bits per heavy atom. The Balaban J connectivity index is 1.28. The number of likely N-dealkylation sites (tertiary alicyclic amines) is 1. The minimum absolute atomic E-state index is 0.00594. The maximum Gasteiger partial charge on any atom is 0.243 e. The zero-order valence-electron chi connectivity index (χ0n) is 19.2. The molecule has 1 atom stereocenters. The summed E-state index contributed by atoms with van der Waals surface area (Å²) >= 11 is 0. The molecule has 3 heterocycles. The van der Waals surface area contributed by atoms with E-state index >= 15 is 0 Å². The van der Waals surface area contributed by atoms with Crippen molar-refractivity contribution in [2.24, 2.45) is 0 Å². The van der Waals surface area contributed by atoms with Crippen LogP contribution in [0.1, 0.15) is 62.3 Å². The number of nitrogens with one attached hydrogen (secondary N) is 1. The Kier molecular flexibility index (Phi) is 8.22. The van der Waals surface area contributed by atoms with Gasteiger partial charge >= 0.3 is 0 Å². The second-order valence-corrected chi connectivity index (χ2v) is 11.0. The first-order valence-electron chi connectivity index (χ1n) is 12.2. The predicted octanol–water partition coefficient (Wildman–Crippen LogP) is 3.73. The SMILES string of the molecule is O=C(CCc1ccc(S(=O)(=O)N2CCCCC2)cc1)NCC(c1ccco1)N1CCCCC1. The first-order chi connectivity index (χ1) is 16.0. The van der Waals surface area contributed by atoms with Gasteiger partial charge in [0.25, 0.3) is 0 Å². The largest absolute Gasteiger partial charge is 0.468 e. The van der Waals surface area contributed by atoms with Gasteiger partial charge in [0.2, 0.25) is 15.9 Å². The number of amides is 1. The highest BCUT2D eigenvalue weighted by Gasteiger charge is 2.26. The second kappa shape index (κ2) is 11.3. The van der Waals surface area contributed by atoms with Crippen molar-refractivity contribution in [2.75, 3.05) is 32.7 Å². The average molecular weight is 474 g/mol. The van der Waals surface area contributed by atoms with Crippen molar-refractivity contribution < 1.29 is 17.6 Å². The topological polar surface area (TPSA) is 82.9 Å². The normalized spacial score (nSPS) is 19.3. The van der Waals surface area contributed by atoms with Gasteiger partial charge in [-0.3, -0.25) is 9.69 Å². The number of piperidine rings is 2. The van der Waals surface area contributed by atoms with Gasteiger partial charge in [-0.05, 0) is 75.0 Å². The minimum atomic E-state index is -3.42. The van der Waals surface area contributed by atoms with Gasteiger partial charge < -0.3 is 9.73 Å². The van der Waals surface area contributed by atoms with E-state index in [-0.39, 0.29) is 11.9 Å². The molecule has 2 aliphatic rings. The molecule has 1 unspecified atom stereocenters. The summed E-state index contributed by atoms with van der Waals surface area (Å²) in [5.74, 6) is 0.885. The van der Waals surface area contributed by atoms with Crippen LogP contribution in [0.25, 0.3) is 0 Å². The molecule has 2 saturated heterocycles. The van der Waals surface area contributed by atoms with E-state index in [1.54, 1.807) is 22.7 Å². The molecule has 8 heteroatoms. The van der Waals surface area contributed by atoms with Gasteiger partial charge in [0.05, 0.1) is 17.2 Å². The van der Waals surface area contributed by atoms with Crippen molar-refractivity contribution in [2.45, 2.75) is 62.3 Å². The molecule has 2 aromatic rings. The highest BCUT2D eigenvalue weighted by Crippen LogP contribution is 2.25. The third kappa shape index (κ3) is 6.25. The molecular weight excluding hydrogens is 438 g/mol. The molecule has 0 saturated carbocycles. The summed E-state index contributed by atoms with van der Waals surface area (Å²) in [7, 11) is -3.42. The van der Waals surface area contributed by atoms with Crippen LogP contribution in [-0.4, -0.2) is 56.3 Å². The molecular formula is C25H35N3O4S. The molecule has 1 amide bonds. The third-order valence-electron chi connectivity index (χ3n) is 6.71. The Morgan fingerprint density at radius 3 is 2.24 bits per heavy atom. The highest BCUT2D eigenvalue weighted by molar-refractivity contribution is 7.89. The number of carbonyl (C=O) groups is 1. The fraction of sp³-hybridized carbons (Fsp3) is 0.560. The van der Waals surface area contributed by atoms with E-state index in [0.717, 1.165) is 43.7 Å². The quantitative estimate of drug-likeness (QED) is 0.600. The Morgan fingerprint density at radius 2 is 1.61 bits per heavy atom. The van der Waals surface area contributed by atoms with Crippen molar-refractivity contribution in [3.8, 4) is 0 Å². The number of aryl methyl sites for hydroxylation is 1. The van der Waals surface area contributed by atoms with Crippen LogP contribution in [0, 0.1) is 0 Å². The molecule has 2 aliphatic heterocycles. The molecule has 4 rings (SSSR count). The standard InChI is InChI=1S/C25H35N3O4S/c29-25(26-20-23(24-8-7-19-32-24)27-15-3-1-4-16-27)14-11-21-9-12-22(13-10-21)33(30,31)28-17-5-2-6-18-28/h7-10,12-13,19,23H,1-6,11,14-18,20H2,(H,26,29). The van der Waals surface area contributed by atoms with Crippen LogP contribution in [0.5, 0.6) is 0 Å². The number of hydrogen-bond acceptors (Lipinski definition) is 5. The average Bonchev–Trinajstić information content (AvgIpc) is 3.39. The Hall–Kier alpha value is -2.16. The van der Waals surface area contributed by atoms with Gasteiger partial charge in [0.15, 0.2) is 0 Å². The molecule has 33 heavy (non-hydrogen) atoms. The summed E-state index contributed by atoms with van der Waals surface area (Å²) in [6.45, 7) is 3.77. The predicted molar refractivity (Wildman–Crippen MR) is 127 cm³/mol. The lowest BCUT2D eigenvalue weighted by molar-refractivity contribution is -0.121. The lowest BCUT2D eigenvalue weighted by atomic mass is 10.1. The number of carbonyl (C=O) groups excluding carboxylic acids is 1. The molecule has 1 aromatic carbocycles. The van der Waals surface area contributed by atoms with E-state index in [4.69, 9.17) is 4.42 Å². The molecule has 0 bridgehead atoms. The van der Waals surface area contributed by atoms with Gasteiger partial charge in [0.1, 0.15) is 5.76 Å². The zero-order valence-corrected chi connectivity index (χ0v) is 20.1. The van der Waals surface area contributed by atoms with Crippen LogP contribution in [0.3, 0.4) is 0 Å². The summed E-state index contributed by atoms with van der Waals surface area (Å²) in [4.78, 5) is 15.3. The van der Waals surface area contributed by atoms with Gasteiger partial charge in [0, 0.05) is 26.1 Å². The lowest BCUT2D eigenvalue weighted by Crippen LogP contribution is -2.40. The van der Waals surface area contributed by atoms with Crippen LogP contribution in [0.15, 0.2) is 52.0 Å². The maximum absolute atomic E-state index is 12.8. The molecule has 0 radical (unpaired) electrons. The maximum atomic E-state index is 12.8. The first kappa shape index (κ1) is 24.0. The van der Waals surface area contributed by atoms with Gasteiger partial charge in [-0.1, -0.05) is 25.0 Å². The highest BCUT2D eigenvalue weighted by atomic mass is 32.2. The van der Waals surface area contributed by atoms with Crippen molar-refractivity contribution in [3.05, 3.63) is 54.0 Å². The molecule has 180 valence electrons. The number of rotatable bonds is 9. The van der Waals surface area contributed by atoms with Gasteiger partial charge in [-0.25, -0.2) is 8.42 Å². The molecule has 0 aliphatic carbocycles. The van der Waals surface area contributed by atoms with Crippen LogP contribution in [-0.2, 0) is 21.2 Å². The lowest BCUT2D eigenvalue weighted by Gasteiger charge is -2.33. The number of nitrogens with zero attached hydrogens (tertiary/aromatic N) is 2. The summed E-state index contributed by atoms with van der Waals surface area (Å²) in [5, 5.41) is 3.07. The van der Waals surface area contributed by atoms with E-state index in [0.29, 0.717) is 37.4 Å². The van der Waals surface area contributed by atoms with Crippen LogP contribution >= 0.6 is 0 Å². The number of sulfonamides is 1. The number of furan rings is 1. The molecule has 2 fully saturated rings. The number of hydrogen-bond donors (Lipinski definition) is 1. The zero-order chi connectivity index (χ0) is 23.1. The second-order valence-electron chi connectivity index (χ2n) is 9.04. The van der Waals surface area contributed by atoms with Gasteiger partial charge in [-0.15, -0.1) is 0 Å². The van der Waals surface area contributed by atoms with E-state index in [2.05, 4.69) is 10.2 Å². The minimum Gasteiger partial charge on any atom is -0.468 e. The fourth-order valence-corrected chi connectivity index (χ4v) is 6.28. The summed E-state index contributed by atoms with van der Waals surface area (Å²) in [6, 6.07) is 10.9. The summed E-state index contributed by atoms with van der Waals surface area (Å²) in [5.41, 5.74) is 0.960. The summed E-state index contributed by atoms with van der Waals surface area (Å²) in [6.07, 6.45) is 9.16. The summed E-state index contributed by atoms with van der Waals surface area (Å²) < 4.78 is 32.8. The van der Waals surface area contributed by atoms with Crippen molar-refractivity contribution >= 4 is 15.9 Å². The Bertz CT molecular complexity index is 977. The first-order valence-corrected chi connectivity index (χ1v) is 13.6. The van der Waals surface area contributed by atoms with Crippen LogP contribution < -0.4 is 5.32 Å². The Labute approximate surface area is 197 Å². The molecule has 1 aromatic heterocycles. The van der Waals surface area contributed by atoms with E-state index < -0.39 is 10.0 Å². The smallest absolute Gasteiger partial charge is 0.243 e. The van der Waals surface area contributed by atoms with E-state index in [1.165, 1.54) is 19.3 Å². The van der Waals surface area contributed by atoms with Crippen LogP contribution in [0.2, 0.25) is 0 Å². The van der Waals surface area contributed by atoms with Gasteiger partial charge in [-0.2, -0.15) is 4.31 Å². The van der Waals surface area contributed by atoms with Crippen molar-refractivity contribution in [1.82, 2.24) is 14.5 Å². The molecule has 1 N–H and O–H groups in total. The van der Waals surface area contributed by atoms with Crippen molar-refractivity contribution in [3.63, 3.8) is 0 Å². The van der Waals surface area contributed by atoms with E-state index in [1.807, 2.05) is 24.3 Å². The third-order valence-corrected chi connectivity index (χ3v) is 8.63. The molecule has 7 nitrogen and oxygen atoms in total. The fourth-order valence-electron chi connectivity index (χ4n) is 4.76. The number of benzene rings is 1. The molecule has 0 spiro atoms. The monoisotopic (exact) mass is 473 g/mol. The van der Waals surface area contributed by atoms with Crippen molar-refractivity contribution in [1.29, 1.82) is 0 Å².